The van der Waals surface area contributed by atoms with Crippen molar-refractivity contribution in [3.05, 3.63) is 53.6 Å². The van der Waals surface area contributed by atoms with Crippen molar-refractivity contribution in [3.8, 4) is 11.3 Å². The van der Waals surface area contributed by atoms with Crippen molar-refractivity contribution in [2.45, 2.75) is 58.7 Å². The minimum Gasteiger partial charge on any atom is -0.348 e. The molecule has 1 aliphatic heterocycles. The average Bonchev–Trinajstić information content (AvgIpc) is 3.23. The molecule has 33 heavy (non-hydrogen) atoms. The molecule has 0 amide bonds. The van der Waals surface area contributed by atoms with Crippen molar-refractivity contribution >= 4 is 11.5 Å². The van der Waals surface area contributed by atoms with Crippen LogP contribution in [0.4, 0.5) is 24.7 Å². The van der Waals surface area contributed by atoms with E-state index in [4.69, 9.17) is 9.47 Å². The molecule has 2 aromatic heterocycles. The molecule has 10 heteroatoms. The molecule has 1 atom stereocenters. The maximum Gasteiger partial charge on any atom is 0.416 e. The van der Waals surface area contributed by atoms with Gasteiger partial charge in [0.1, 0.15) is 5.82 Å². The summed E-state index contributed by atoms with van der Waals surface area (Å²) in [6, 6.07) is 4.78. The van der Waals surface area contributed by atoms with Gasteiger partial charge in [-0.25, -0.2) is 4.98 Å². The Balaban J connectivity index is 1.49. The number of anilines is 2. The van der Waals surface area contributed by atoms with E-state index in [1.165, 1.54) is 18.3 Å². The summed E-state index contributed by atoms with van der Waals surface area (Å²) in [6.07, 6.45) is -0.416. The molecule has 1 aromatic carbocycles. The van der Waals surface area contributed by atoms with E-state index in [-0.39, 0.29) is 6.10 Å². The number of halogens is 3. The number of rotatable bonds is 6. The third-order valence-electron chi connectivity index (χ3n) is 5.49. The summed E-state index contributed by atoms with van der Waals surface area (Å²) in [5.41, 5.74) is 3.06. The lowest BCUT2D eigenvalue weighted by Gasteiger charge is -2.17. The van der Waals surface area contributed by atoms with Crippen LogP contribution >= 0.6 is 0 Å². The standard InChI is InChI=1S/C23H26F3N5O2/c1-14-21(15(2)31(30-14)10-9-18-13-32-22(3,4)33-18)19-11-27-12-20(29-19)28-17-7-5-16(6-8-17)23(24,25)26/h5-8,11-12,18H,9-10,13H2,1-4H3,(H,28,29). The van der Waals surface area contributed by atoms with Crippen LogP contribution in [0.2, 0.25) is 0 Å². The fraction of sp³-hybridized carbons (Fsp3) is 0.435. The molecule has 0 spiro atoms. The molecule has 1 N–H and O–H groups in total. The van der Waals surface area contributed by atoms with Gasteiger partial charge in [-0.05, 0) is 58.4 Å². The Bertz CT molecular complexity index is 1130. The molecule has 176 valence electrons. The topological polar surface area (TPSA) is 74.1 Å². The zero-order chi connectivity index (χ0) is 23.8. The van der Waals surface area contributed by atoms with Gasteiger partial charge < -0.3 is 14.8 Å². The van der Waals surface area contributed by atoms with E-state index >= 15 is 0 Å². The molecule has 4 rings (SSSR count). The van der Waals surface area contributed by atoms with Gasteiger partial charge in [0.05, 0.1) is 42.1 Å². The van der Waals surface area contributed by atoms with Crippen LogP contribution in [0.5, 0.6) is 0 Å². The smallest absolute Gasteiger partial charge is 0.348 e. The van der Waals surface area contributed by atoms with Gasteiger partial charge in [0.25, 0.3) is 0 Å². The number of aryl methyl sites for hydroxylation is 2. The Kier molecular flexibility index (Phi) is 6.15. The highest BCUT2D eigenvalue weighted by Crippen LogP contribution is 2.31. The zero-order valence-electron chi connectivity index (χ0n) is 18.9. The second-order valence-corrected chi connectivity index (χ2v) is 8.50. The Morgan fingerprint density at radius 3 is 2.52 bits per heavy atom. The van der Waals surface area contributed by atoms with E-state index in [1.807, 2.05) is 32.4 Å². The normalized spacial score (nSPS) is 18.0. The molecule has 0 saturated carbocycles. The summed E-state index contributed by atoms with van der Waals surface area (Å²) < 4.78 is 51.8. The van der Waals surface area contributed by atoms with Gasteiger partial charge in [0, 0.05) is 23.5 Å². The van der Waals surface area contributed by atoms with E-state index in [0.29, 0.717) is 30.4 Å². The summed E-state index contributed by atoms with van der Waals surface area (Å²) in [4.78, 5) is 8.86. The van der Waals surface area contributed by atoms with Crippen LogP contribution < -0.4 is 5.32 Å². The molecule has 0 bridgehead atoms. The first kappa shape index (κ1) is 23.2. The summed E-state index contributed by atoms with van der Waals surface area (Å²) in [5, 5.41) is 7.67. The van der Waals surface area contributed by atoms with Gasteiger partial charge in [-0.1, -0.05) is 0 Å². The third kappa shape index (κ3) is 5.33. The molecule has 0 radical (unpaired) electrons. The molecule has 7 nitrogen and oxygen atoms in total. The summed E-state index contributed by atoms with van der Waals surface area (Å²) in [6.45, 7) is 8.92. The molecule has 3 aromatic rings. The minimum absolute atomic E-state index is 0.0170. The Hall–Kier alpha value is -2.98. The first-order chi connectivity index (χ1) is 15.5. The fourth-order valence-electron chi connectivity index (χ4n) is 3.89. The predicted octanol–water partition coefficient (Wildman–Crippen LogP) is 5.26. The number of nitrogens with zero attached hydrogens (tertiary/aromatic N) is 4. The average molecular weight is 461 g/mol. The van der Waals surface area contributed by atoms with E-state index < -0.39 is 17.5 Å². The van der Waals surface area contributed by atoms with Crippen LogP contribution in [-0.4, -0.2) is 38.2 Å². The maximum absolute atomic E-state index is 12.8. The van der Waals surface area contributed by atoms with Crippen molar-refractivity contribution in [2.24, 2.45) is 0 Å². The Morgan fingerprint density at radius 1 is 1.15 bits per heavy atom. The van der Waals surface area contributed by atoms with Crippen LogP contribution in [0.3, 0.4) is 0 Å². The number of benzene rings is 1. The molecular formula is C23H26F3N5O2. The van der Waals surface area contributed by atoms with Crippen molar-refractivity contribution in [1.29, 1.82) is 0 Å². The summed E-state index contributed by atoms with van der Waals surface area (Å²) in [7, 11) is 0. The third-order valence-corrected chi connectivity index (χ3v) is 5.49. The first-order valence-corrected chi connectivity index (χ1v) is 10.6. The number of alkyl halides is 3. The van der Waals surface area contributed by atoms with Crippen LogP contribution in [0.25, 0.3) is 11.3 Å². The number of hydrogen-bond donors (Lipinski definition) is 1. The van der Waals surface area contributed by atoms with Crippen molar-refractivity contribution in [2.75, 3.05) is 11.9 Å². The number of aromatic nitrogens is 4. The second-order valence-electron chi connectivity index (χ2n) is 8.50. The maximum atomic E-state index is 12.8. The lowest BCUT2D eigenvalue weighted by Crippen LogP contribution is -2.22. The monoisotopic (exact) mass is 461 g/mol. The largest absolute Gasteiger partial charge is 0.416 e. The molecule has 3 heterocycles. The van der Waals surface area contributed by atoms with Crippen molar-refractivity contribution in [1.82, 2.24) is 19.7 Å². The summed E-state index contributed by atoms with van der Waals surface area (Å²) in [5.74, 6) is -0.126. The number of nitrogens with one attached hydrogen (secondary N) is 1. The molecule has 0 aliphatic carbocycles. The quantitative estimate of drug-likeness (QED) is 0.540. The van der Waals surface area contributed by atoms with E-state index in [1.54, 1.807) is 6.20 Å². The van der Waals surface area contributed by atoms with Crippen LogP contribution in [0.15, 0.2) is 36.7 Å². The Morgan fingerprint density at radius 2 is 1.88 bits per heavy atom. The van der Waals surface area contributed by atoms with Crippen molar-refractivity contribution < 1.29 is 22.6 Å². The molecule has 1 aliphatic rings. The van der Waals surface area contributed by atoms with Crippen LogP contribution in [-0.2, 0) is 22.2 Å². The fourth-order valence-corrected chi connectivity index (χ4v) is 3.89. The molecule has 1 saturated heterocycles. The van der Waals surface area contributed by atoms with E-state index in [2.05, 4.69) is 20.4 Å². The molecule has 1 unspecified atom stereocenters. The van der Waals surface area contributed by atoms with Crippen molar-refractivity contribution in [3.63, 3.8) is 0 Å². The molecular weight excluding hydrogens is 435 g/mol. The minimum atomic E-state index is -4.37. The van der Waals surface area contributed by atoms with Gasteiger partial charge in [0.2, 0.25) is 0 Å². The van der Waals surface area contributed by atoms with Gasteiger partial charge in [-0.3, -0.25) is 9.67 Å². The Labute approximate surface area is 190 Å². The number of ether oxygens (including phenoxy) is 2. The van der Waals surface area contributed by atoms with Gasteiger partial charge in [-0.2, -0.15) is 18.3 Å². The first-order valence-electron chi connectivity index (χ1n) is 10.6. The van der Waals surface area contributed by atoms with E-state index in [9.17, 15) is 13.2 Å². The zero-order valence-corrected chi connectivity index (χ0v) is 18.9. The molecule has 1 fully saturated rings. The highest BCUT2D eigenvalue weighted by molar-refractivity contribution is 5.66. The summed E-state index contributed by atoms with van der Waals surface area (Å²) >= 11 is 0. The highest BCUT2D eigenvalue weighted by Gasteiger charge is 2.32. The van der Waals surface area contributed by atoms with Gasteiger partial charge in [0.15, 0.2) is 5.79 Å². The SMILES string of the molecule is Cc1nn(CCC2COC(C)(C)O2)c(C)c1-c1cncc(Nc2ccc(C(F)(F)F)cc2)n1. The van der Waals surface area contributed by atoms with E-state index in [0.717, 1.165) is 35.5 Å². The number of hydrogen-bond acceptors (Lipinski definition) is 6. The second kappa shape index (κ2) is 8.75. The lowest BCUT2D eigenvalue weighted by molar-refractivity contribution is -0.139. The predicted molar refractivity (Wildman–Crippen MR) is 117 cm³/mol. The lowest BCUT2D eigenvalue weighted by atomic mass is 10.1. The van der Waals surface area contributed by atoms with Gasteiger partial charge in [-0.15, -0.1) is 0 Å². The van der Waals surface area contributed by atoms with Crippen LogP contribution in [0, 0.1) is 13.8 Å². The van der Waals surface area contributed by atoms with Crippen LogP contribution in [0.1, 0.15) is 37.2 Å². The van der Waals surface area contributed by atoms with Gasteiger partial charge >= 0.3 is 6.18 Å². The highest BCUT2D eigenvalue weighted by atomic mass is 19.4.